The Bertz CT molecular complexity index is 529. The van der Waals surface area contributed by atoms with Crippen LogP contribution in [0.25, 0.3) is 6.08 Å². The van der Waals surface area contributed by atoms with E-state index in [-0.39, 0.29) is 12.2 Å². The summed E-state index contributed by atoms with van der Waals surface area (Å²) in [7, 11) is 3.05. The van der Waals surface area contributed by atoms with E-state index < -0.39 is 5.97 Å². The first-order valence-corrected chi connectivity index (χ1v) is 5.67. The second-order valence-corrected chi connectivity index (χ2v) is 3.50. The maximum absolute atomic E-state index is 11.5. The fourth-order valence-electron chi connectivity index (χ4n) is 1.45. The standard InChI is InChI=1S/C14H15NO4/c1-4-19-14(16)11(9-15)7-10-5-6-12(17-2)13(8-10)18-3/h5-8H,4H2,1-3H3/b11-7+. The Balaban J connectivity index is 3.09. The molecule has 0 aliphatic heterocycles. The number of hydrogen-bond acceptors (Lipinski definition) is 5. The van der Waals surface area contributed by atoms with Crippen LogP contribution in [-0.2, 0) is 9.53 Å². The topological polar surface area (TPSA) is 68.6 Å². The van der Waals surface area contributed by atoms with Crippen LogP contribution in [0, 0.1) is 11.3 Å². The van der Waals surface area contributed by atoms with Crippen LogP contribution in [-0.4, -0.2) is 26.8 Å². The predicted octanol–water partition coefficient (Wildman–Crippen LogP) is 2.17. The smallest absolute Gasteiger partial charge is 0.348 e. The van der Waals surface area contributed by atoms with Gasteiger partial charge in [0.05, 0.1) is 20.8 Å². The van der Waals surface area contributed by atoms with E-state index in [9.17, 15) is 4.79 Å². The van der Waals surface area contributed by atoms with Gasteiger partial charge in [0.15, 0.2) is 11.5 Å². The Kier molecular flexibility index (Phi) is 5.42. The maximum Gasteiger partial charge on any atom is 0.348 e. The Morgan fingerprint density at radius 3 is 2.53 bits per heavy atom. The van der Waals surface area contributed by atoms with Crippen molar-refractivity contribution in [2.24, 2.45) is 0 Å². The number of carbonyl (C=O) groups is 1. The van der Waals surface area contributed by atoms with E-state index in [1.807, 2.05) is 6.07 Å². The van der Waals surface area contributed by atoms with Crippen LogP contribution in [0.15, 0.2) is 23.8 Å². The molecule has 0 aliphatic carbocycles. The maximum atomic E-state index is 11.5. The zero-order valence-corrected chi connectivity index (χ0v) is 11.1. The van der Waals surface area contributed by atoms with Gasteiger partial charge in [-0.15, -0.1) is 0 Å². The molecule has 0 fully saturated rings. The molecule has 0 spiro atoms. The van der Waals surface area contributed by atoms with E-state index in [1.54, 1.807) is 25.1 Å². The van der Waals surface area contributed by atoms with Gasteiger partial charge in [0.25, 0.3) is 0 Å². The highest BCUT2D eigenvalue weighted by Gasteiger charge is 2.10. The SMILES string of the molecule is CCOC(=O)/C(C#N)=C/c1ccc(OC)c(OC)c1. The summed E-state index contributed by atoms with van der Waals surface area (Å²) in [5.74, 6) is 0.464. The van der Waals surface area contributed by atoms with Crippen LogP contribution < -0.4 is 9.47 Å². The van der Waals surface area contributed by atoms with Crippen LogP contribution in [0.4, 0.5) is 0 Å². The molecule has 1 rings (SSSR count). The van der Waals surface area contributed by atoms with Crippen molar-refractivity contribution in [3.8, 4) is 17.6 Å². The molecule has 0 aromatic heterocycles. The fourth-order valence-corrected chi connectivity index (χ4v) is 1.45. The van der Waals surface area contributed by atoms with Gasteiger partial charge in [-0.05, 0) is 30.7 Å². The Labute approximate surface area is 112 Å². The molecular weight excluding hydrogens is 246 g/mol. The highest BCUT2D eigenvalue weighted by atomic mass is 16.5. The van der Waals surface area contributed by atoms with Gasteiger partial charge in [-0.1, -0.05) is 6.07 Å². The third kappa shape index (κ3) is 3.75. The van der Waals surface area contributed by atoms with Crippen molar-refractivity contribution in [2.75, 3.05) is 20.8 Å². The molecular formula is C14H15NO4. The Morgan fingerprint density at radius 1 is 1.32 bits per heavy atom. The first-order chi connectivity index (χ1) is 9.15. The Hall–Kier alpha value is -2.48. The highest BCUT2D eigenvalue weighted by molar-refractivity contribution is 5.97. The molecule has 100 valence electrons. The van der Waals surface area contributed by atoms with E-state index >= 15 is 0 Å². The van der Waals surface area contributed by atoms with Gasteiger partial charge in [0.2, 0.25) is 0 Å². The predicted molar refractivity (Wildman–Crippen MR) is 69.8 cm³/mol. The first kappa shape index (κ1) is 14.6. The molecule has 0 aliphatic rings. The number of nitrogens with zero attached hydrogens (tertiary/aromatic N) is 1. The van der Waals surface area contributed by atoms with Gasteiger partial charge in [-0.2, -0.15) is 5.26 Å². The molecule has 0 radical (unpaired) electrons. The molecule has 5 nitrogen and oxygen atoms in total. The average Bonchev–Trinajstić information content (AvgIpc) is 2.44. The van der Waals surface area contributed by atoms with Crippen molar-refractivity contribution in [1.82, 2.24) is 0 Å². The third-order valence-corrected chi connectivity index (χ3v) is 2.33. The summed E-state index contributed by atoms with van der Waals surface area (Å²) in [6, 6.07) is 6.91. The largest absolute Gasteiger partial charge is 0.493 e. The van der Waals surface area contributed by atoms with Crippen LogP contribution in [0.2, 0.25) is 0 Å². The van der Waals surface area contributed by atoms with Crippen LogP contribution in [0.5, 0.6) is 11.5 Å². The number of rotatable bonds is 5. The number of nitriles is 1. The highest BCUT2D eigenvalue weighted by Crippen LogP contribution is 2.28. The number of methoxy groups -OCH3 is 2. The number of esters is 1. The number of carbonyl (C=O) groups excluding carboxylic acids is 1. The third-order valence-electron chi connectivity index (χ3n) is 2.33. The summed E-state index contributed by atoms with van der Waals surface area (Å²) >= 11 is 0. The first-order valence-electron chi connectivity index (χ1n) is 5.67. The van der Waals surface area contributed by atoms with Crippen molar-refractivity contribution >= 4 is 12.0 Å². The van der Waals surface area contributed by atoms with E-state index in [4.69, 9.17) is 19.5 Å². The number of hydrogen-bond donors (Lipinski definition) is 0. The molecule has 0 N–H and O–H groups in total. The van der Waals surface area contributed by atoms with Gasteiger partial charge in [-0.25, -0.2) is 4.79 Å². The van der Waals surface area contributed by atoms with E-state index in [2.05, 4.69) is 0 Å². The summed E-state index contributed by atoms with van der Waals surface area (Å²) in [6.45, 7) is 1.91. The summed E-state index contributed by atoms with van der Waals surface area (Å²) < 4.78 is 15.0. The second kappa shape index (κ2) is 7.07. The number of ether oxygens (including phenoxy) is 3. The van der Waals surface area contributed by atoms with Crippen molar-refractivity contribution in [3.05, 3.63) is 29.3 Å². The van der Waals surface area contributed by atoms with Gasteiger partial charge < -0.3 is 14.2 Å². The van der Waals surface area contributed by atoms with Gasteiger partial charge >= 0.3 is 5.97 Å². The van der Waals surface area contributed by atoms with E-state index in [0.29, 0.717) is 17.1 Å². The molecule has 0 heterocycles. The minimum atomic E-state index is -0.639. The lowest BCUT2D eigenvalue weighted by Crippen LogP contribution is -2.06. The van der Waals surface area contributed by atoms with E-state index in [0.717, 1.165) is 0 Å². The number of benzene rings is 1. The van der Waals surface area contributed by atoms with Gasteiger partial charge in [-0.3, -0.25) is 0 Å². The minimum absolute atomic E-state index is 0.0610. The van der Waals surface area contributed by atoms with Gasteiger partial charge in [0, 0.05) is 0 Å². The van der Waals surface area contributed by atoms with Crippen molar-refractivity contribution < 1.29 is 19.0 Å². The lowest BCUT2D eigenvalue weighted by molar-refractivity contribution is -0.137. The lowest BCUT2D eigenvalue weighted by atomic mass is 10.1. The van der Waals surface area contributed by atoms with Crippen LogP contribution in [0.3, 0.4) is 0 Å². The zero-order chi connectivity index (χ0) is 14.3. The quantitative estimate of drug-likeness (QED) is 0.461. The molecule has 0 saturated heterocycles. The average molecular weight is 261 g/mol. The van der Waals surface area contributed by atoms with Crippen molar-refractivity contribution in [3.63, 3.8) is 0 Å². The zero-order valence-electron chi connectivity index (χ0n) is 11.1. The molecule has 1 aromatic carbocycles. The lowest BCUT2D eigenvalue weighted by Gasteiger charge is -2.08. The summed E-state index contributed by atoms with van der Waals surface area (Å²) in [6.07, 6.45) is 1.44. The summed E-state index contributed by atoms with van der Waals surface area (Å²) in [4.78, 5) is 11.5. The van der Waals surface area contributed by atoms with Crippen molar-refractivity contribution in [2.45, 2.75) is 6.92 Å². The van der Waals surface area contributed by atoms with Crippen LogP contribution >= 0.6 is 0 Å². The monoisotopic (exact) mass is 261 g/mol. The van der Waals surface area contributed by atoms with E-state index in [1.165, 1.54) is 20.3 Å². The molecule has 1 aromatic rings. The molecule has 19 heavy (non-hydrogen) atoms. The molecule has 0 amide bonds. The van der Waals surface area contributed by atoms with Crippen LogP contribution in [0.1, 0.15) is 12.5 Å². The van der Waals surface area contributed by atoms with Crippen molar-refractivity contribution in [1.29, 1.82) is 5.26 Å². The molecule has 0 bridgehead atoms. The minimum Gasteiger partial charge on any atom is -0.493 e. The summed E-state index contributed by atoms with van der Waals surface area (Å²) in [5.41, 5.74) is 0.594. The molecule has 0 unspecified atom stereocenters. The summed E-state index contributed by atoms with van der Waals surface area (Å²) in [5, 5.41) is 8.94. The molecule has 5 heteroatoms. The van der Waals surface area contributed by atoms with Gasteiger partial charge in [0.1, 0.15) is 11.6 Å². The Morgan fingerprint density at radius 2 is 2.00 bits per heavy atom. The fraction of sp³-hybridized carbons (Fsp3) is 0.286. The molecule has 0 saturated carbocycles. The second-order valence-electron chi connectivity index (χ2n) is 3.50. The normalized spacial score (nSPS) is 10.5. The molecule has 0 atom stereocenters.